The summed E-state index contributed by atoms with van der Waals surface area (Å²) in [6.07, 6.45) is -2.22. The number of halogens is 2. The van der Waals surface area contributed by atoms with Gasteiger partial charge in [-0.1, -0.05) is 13.0 Å². The minimum absolute atomic E-state index is 0.0299. The largest absolute Gasteiger partial charge is 0.457 e. The molecule has 34 heavy (non-hydrogen) atoms. The molecule has 2 N–H and O–H groups in total. The molecule has 3 rings (SSSR count). The van der Waals surface area contributed by atoms with Gasteiger partial charge in [-0.05, 0) is 60.5 Å². The van der Waals surface area contributed by atoms with Crippen LogP contribution in [0.3, 0.4) is 0 Å². The summed E-state index contributed by atoms with van der Waals surface area (Å²) in [6.45, 7) is 3.22. The quantitative estimate of drug-likeness (QED) is 0.495. The number of hydrogen-bond donors (Lipinski definition) is 1. The van der Waals surface area contributed by atoms with Gasteiger partial charge in [0.25, 0.3) is 6.43 Å². The Balaban J connectivity index is 2.05. The Morgan fingerprint density at radius 2 is 1.74 bits per heavy atom. The first-order valence-corrected chi connectivity index (χ1v) is 11.7. The van der Waals surface area contributed by atoms with Gasteiger partial charge in [-0.25, -0.2) is 22.3 Å². The lowest BCUT2D eigenvalue weighted by molar-refractivity contribution is -0.115. The Bertz CT molecular complexity index is 1370. The number of ether oxygens (including phenoxy) is 1. The van der Waals surface area contributed by atoms with Gasteiger partial charge >= 0.3 is 0 Å². The van der Waals surface area contributed by atoms with Crippen molar-refractivity contribution in [1.29, 1.82) is 5.26 Å². The van der Waals surface area contributed by atoms with Crippen molar-refractivity contribution in [2.24, 2.45) is 5.14 Å². The fourth-order valence-corrected chi connectivity index (χ4v) is 3.88. The van der Waals surface area contributed by atoms with Gasteiger partial charge in [0, 0.05) is 24.2 Å². The van der Waals surface area contributed by atoms with E-state index in [1.54, 1.807) is 18.2 Å². The first kappa shape index (κ1) is 24.8. The number of nitriles is 1. The van der Waals surface area contributed by atoms with Crippen LogP contribution in [0.5, 0.6) is 11.5 Å². The van der Waals surface area contributed by atoms with Gasteiger partial charge in [0.15, 0.2) is 0 Å². The number of sulfonamides is 1. The monoisotopic (exact) mass is 485 g/mol. The number of rotatable bonds is 7. The van der Waals surface area contributed by atoms with Gasteiger partial charge < -0.3 is 4.74 Å². The average Bonchev–Trinajstić information content (AvgIpc) is 2.78. The van der Waals surface area contributed by atoms with Gasteiger partial charge in [0.1, 0.15) is 11.5 Å². The maximum absolute atomic E-state index is 13.2. The molecule has 0 saturated heterocycles. The minimum atomic E-state index is -3.90. The lowest BCUT2D eigenvalue weighted by Gasteiger charge is -2.23. The third kappa shape index (κ3) is 5.57. The highest BCUT2D eigenvalue weighted by Crippen LogP contribution is 2.35. The lowest BCUT2D eigenvalue weighted by atomic mass is 10.1. The topological polar surface area (TPSA) is 113 Å². The van der Waals surface area contributed by atoms with E-state index in [2.05, 4.69) is 0 Å². The van der Waals surface area contributed by atoms with Crippen molar-refractivity contribution in [3.8, 4) is 17.6 Å². The summed E-state index contributed by atoms with van der Waals surface area (Å²) in [6, 6.07) is 15.9. The summed E-state index contributed by atoms with van der Waals surface area (Å²) in [5, 5.41) is 14.3. The van der Waals surface area contributed by atoms with E-state index in [9.17, 15) is 22.0 Å². The van der Waals surface area contributed by atoms with Gasteiger partial charge in [-0.15, -0.1) is 0 Å². The van der Waals surface area contributed by atoms with Crippen LogP contribution < -0.4 is 14.8 Å². The van der Waals surface area contributed by atoms with Crippen LogP contribution in [0.4, 0.5) is 20.2 Å². The Morgan fingerprint density at radius 1 is 1.09 bits per heavy atom. The van der Waals surface area contributed by atoms with E-state index in [1.165, 1.54) is 42.2 Å². The number of alkyl halides is 2. The van der Waals surface area contributed by atoms with Crippen LogP contribution in [-0.4, -0.2) is 14.3 Å². The highest BCUT2D eigenvalue weighted by molar-refractivity contribution is 7.89. The van der Waals surface area contributed by atoms with Crippen LogP contribution in [0.1, 0.15) is 37.0 Å². The van der Waals surface area contributed by atoms with Crippen LogP contribution in [0.25, 0.3) is 0 Å². The first-order valence-electron chi connectivity index (χ1n) is 10.1. The van der Waals surface area contributed by atoms with E-state index in [0.29, 0.717) is 23.5 Å². The Kier molecular flexibility index (Phi) is 7.29. The van der Waals surface area contributed by atoms with Crippen LogP contribution in [0, 0.1) is 11.3 Å². The first-order chi connectivity index (χ1) is 16.0. The second-order valence-corrected chi connectivity index (χ2v) is 8.91. The number of primary sulfonamides is 1. The smallest absolute Gasteiger partial charge is 0.264 e. The normalized spacial score (nSPS) is 11.2. The SMILES string of the molecule is CCc1ccc(N(C(C)=O)c2ccc(S(N)(=O)=O)cc2)cc1Oc1cc(C#N)cc(C(F)F)c1. The van der Waals surface area contributed by atoms with Gasteiger partial charge in [-0.2, -0.15) is 5.26 Å². The fraction of sp³-hybridized carbons (Fsp3) is 0.167. The molecule has 0 atom stereocenters. The van der Waals surface area contributed by atoms with Crippen LogP contribution in [-0.2, 0) is 21.2 Å². The maximum Gasteiger partial charge on any atom is 0.264 e. The molecule has 0 aliphatic rings. The standard InChI is InChI=1S/C24H21F2N3O4S/c1-3-17-4-5-20(29(15(2)30)19-6-8-22(9-7-19)34(28,31)32)13-23(17)33-21-11-16(14-27)10-18(12-21)24(25)26/h4-13,24H,3H2,1-2H3,(H2,28,31,32). The van der Waals surface area contributed by atoms with Crippen molar-refractivity contribution in [3.63, 3.8) is 0 Å². The third-order valence-corrected chi connectivity index (χ3v) is 5.90. The molecule has 0 radical (unpaired) electrons. The molecule has 0 spiro atoms. The Hall–Kier alpha value is -3.81. The summed E-state index contributed by atoms with van der Waals surface area (Å²) in [4.78, 5) is 13.7. The number of hydrogen-bond acceptors (Lipinski definition) is 5. The molecule has 0 saturated carbocycles. The Labute approximate surface area is 196 Å². The molecule has 0 unspecified atom stereocenters. The van der Waals surface area contributed by atoms with E-state index in [1.807, 2.05) is 13.0 Å². The molecule has 3 aromatic carbocycles. The van der Waals surface area contributed by atoms with Crippen molar-refractivity contribution in [2.45, 2.75) is 31.6 Å². The molecule has 7 nitrogen and oxygen atoms in total. The number of carbonyl (C=O) groups is 1. The second kappa shape index (κ2) is 9.99. The molecular formula is C24H21F2N3O4S. The highest BCUT2D eigenvalue weighted by atomic mass is 32.2. The van der Waals surface area contributed by atoms with Crippen molar-refractivity contribution in [1.82, 2.24) is 0 Å². The molecule has 0 heterocycles. The van der Waals surface area contributed by atoms with Gasteiger partial charge in [0.05, 0.1) is 22.2 Å². The number of anilines is 2. The molecule has 0 aliphatic heterocycles. The van der Waals surface area contributed by atoms with E-state index in [-0.39, 0.29) is 27.7 Å². The summed E-state index contributed by atoms with van der Waals surface area (Å²) in [5.41, 5.74) is 1.23. The molecular weight excluding hydrogens is 464 g/mol. The van der Waals surface area contributed by atoms with Crippen LogP contribution >= 0.6 is 0 Å². The molecule has 0 bridgehead atoms. The Morgan fingerprint density at radius 3 is 2.26 bits per heavy atom. The number of nitrogens with zero attached hydrogens (tertiary/aromatic N) is 2. The summed E-state index contributed by atoms with van der Waals surface area (Å²) >= 11 is 0. The number of nitrogens with two attached hydrogens (primary N) is 1. The predicted octanol–water partition coefficient (Wildman–Crippen LogP) is 5.18. The predicted molar refractivity (Wildman–Crippen MR) is 123 cm³/mol. The summed E-state index contributed by atoms with van der Waals surface area (Å²) in [7, 11) is -3.90. The number of aryl methyl sites for hydroxylation is 1. The van der Waals surface area contributed by atoms with Gasteiger partial charge in [-0.3, -0.25) is 9.69 Å². The fourth-order valence-electron chi connectivity index (χ4n) is 3.37. The van der Waals surface area contributed by atoms with Crippen LogP contribution in [0.15, 0.2) is 65.6 Å². The van der Waals surface area contributed by atoms with E-state index in [0.717, 1.165) is 17.7 Å². The third-order valence-electron chi connectivity index (χ3n) is 4.97. The van der Waals surface area contributed by atoms with E-state index in [4.69, 9.17) is 15.1 Å². The highest BCUT2D eigenvalue weighted by Gasteiger charge is 2.18. The lowest BCUT2D eigenvalue weighted by Crippen LogP contribution is -2.23. The molecule has 0 fully saturated rings. The molecule has 0 aromatic heterocycles. The number of amides is 1. The van der Waals surface area contributed by atoms with E-state index < -0.39 is 16.4 Å². The van der Waals surface area contributed by atoms with Gasteiger partial charge in [0.2, 0.25) is 15.9 Å². The zero-order valence-electron chi connectivity index (χ0n) is 18.3. The van der Waals surface area contributed by atoms with Crippen molar-refractivity contribution in [3.05, 3.63) is 77.4 Å². The van der Waals surface area contributed by atoms with Crippen molar-refractivity contribution >= 4 is 27.3 Å². The van der Waals surface area contributed by atoms with Crippen molar-refractivity contribution in [2.75, 3.05) is 4.90 Å². The second-order valence-electron chi connectivity index (χ2n) is 7.34. The summed E-state index contributed by atoms with van der Waals surface area (Å²) in [5.74, 6) is 0.0285. The van der Waals surface area contributed by atoms with Crippen molar-refractivity contribution < 1.29 is 26.7 Å². The number of carbonyl (C=O) groups excluding carboxylic acids is 1. The average molecular weight is 486 g/mol. The molecule has 0 aliphatic carbocycles. The molecule has 176 valence electrons. The zero-order valence-corrected chi connectivity index (χ0v) is 19.1. The number of benzene rings is 3. The van der Waals surface area contributed by atoms with Crippen LogP contribution in [0.2, 0.25) is 0 Å². The van der Waals surface area contributed by atoms with E-state index >= 15 is 0 Å². The maximum atomic E-state index is 13.2. The summed E-state index contributed by atoms with van der Waals surface area (Å²) < 4.78 is 55.4. The molecule has 10 heteroatoms. The minimum Gasteiger partial charge on any atom is -0.457 e. The molecule has 1 amide bonds. The zero-order chi connectivity index (χ0) is 25.0. The molecule has 3 aromatic rings.